The van der Waals surface area contributed by atoms with Gasteiger partial charge in [0.25, 0.3) is 5.91 Å². The lowest BCUT2D eigenvalue weighted by molar-refractivity contribution is -0.137. The van der Waals surface area contributed by atoms with E-state index in [4.69, 9.17) is 4.74 Å². The molecule has 26 heavy (non-hydrogen) atoms. The second kappa shape index (κ2) is 6.70. The number of halogens is 3. The highest BCUT2D eigenvalue weighted by Crippen LogP contribution is 2.33. The van der Waals surface area contributed by atoms with Crippen molar-refractivity contribution in [2.24, 2.45) is 0 Å². The van der Waals surface area contributed by atoms with Crippen LogP contribution < -0.4 is 15.0 Å². The molecule has 0 bridgehead atoms. The van der Waals surface area contributed by atoms with Gasteiger partial charge in [0.2, 0.25) is 5.91 Å². The minimum atomic E-state index is -4.50. The zero-order valence-electron chi connectivity index (χ0n) is 13.8. The molecule has 5 nitrogen and oxygen atoms in total. The molecular formula is C18H15F3N2O3. The maximum absolute atomic E-state index is 12.7. The molecule has 2 amide bonds. The summed E-state index contributed by atoms with van der Waals surface area (Å²) in [7, 11) is 0. The zero-order chi connectivity index (χ0) is 18.9. The summed E-state index contributed by atoms with van der Waals surface area (Å²) < 4.78 is 43.6. The molecule has 1 aliphatic heterocycles. The van der Waals surface area contributed by atoms with E-state index in [9.17, 15) is 22.8 Å². The zero-order valence-corrected chi connectivity index (χ0v) is 13.8. The lowest BCUT2D eigenvalue weighted by atomic mass is 10.1. The van der Waals surface area contributed by atoms with Crippen molar-refractivity contribution in [3.8, 4) is 5.75 Å². The lowest BCUT2D eigenvalue weighted by Crippen LogP contribution is -2.43. The fourth-order valence-corrected chi connectivity index (χ4v) is 2.60. The monoisotopic (exact) mass is 364 g/mol. The number of benzene rings is 2. The molecule has 1 aliphatic rings. The number of ether oxygens (including phenoxy) is 1. The molecule has 0 unspecified atom stereocenters. The summed E-state index contributed by atoms with van der Waals surface area (Å²) in [4.78, 5) is 25.6. The van der Waals surface area contributed by atoms with Crippen LogP contribution in [0, 0.1) is 6.92 Å². The van der Waals surface area contributed by atoms with Gasteiger partial charge < -0.3 is 10.1 Å². The smallest absolute Gasteiger partial charge is 0.416 e. The first-order chi connectivity index (χ1) is 12.2. The summed E-state index contributed by atoms with van der Waals surface area (Å²) >= 11 is 0. The highest BCUT2D eigenvalue weighted by molar-refractivity contribution is 6.05. The average molecular weight is 364 g/mol. The predicted molar refractivity (Wildman–Crippen MR) is 89.1 cm³/mol. The first kappa shape index (κ1) is 17.8. The number of fused-ring (bicyclic) bond motifs is 1. The molecule has 2 aromatic carbocycles. The largest absolute Gasteiger partial charge is 0.482 e. The van der Waals surface area contributed by atoms with E-state index < -0.39 is 23.6 Å². The van der Waals surface area contributed by atoms with E-state index in [0.29, 0.717) is 11.4 Å². The fraction of sp³-hybridized carbons (Fsp3) is 0.222. The Kier molecular flexibility index (Phi) is 4.58. The van der Waals surface area contributed by atoms with Gasteiger partial charge in [0.05, 0.1) is 11.3 Å². The van der Waals surface area contributed by atoms with E-state index in [1.807, 2.05) is 6.92 Å². The summed E-state index contributed by atoms with van der Waals surface area (Å²) in [6.07, 6.45) is -4.50. The van der Waals surface area contributed by atoms with Crippen molar-refractivity contribution in [2.45, 2.75) is 13.1 Å². The van der Waals surface area contributed by atoms with Crippen molar-refractivity contribution in [2.75, 3.05) is 23.4 Å². The molecule has 0 saturated heterocycles. The van der Waals surface area contributed by atoms with Gasteiger partial charge in [-0.05, 0) is 42.8 Å². The van der Waals surface area contributed by atoms with Crippen molar-refractivity contribution in [3.05, 3.63) is 53.6 Å². The molecule has 8 heteroatoms. The Morgan fingerprint density at radius 3 is 2.73 bits per heavy atom. The number of hydrogen-bond donors (Lipinski definition) is 1. The van der Waals surface area contributed by atoms with Crippen molar-refractivity contribution < 1.29 is 27.5 Å². The van der Waals surface area contributed by atoms with Gasteiger partial charge in [-0.15, -0.1) is 0 Å². The summed E-state index contributed by atoms with van der Waals surface area (Å²) in [5, 5.41) is 2.39. The lowest BCUT2D eigenvalue weighted by Gasteiger charge is -2.29. The van der Waals surface area contributed by atoms with Crippen LogP contribution in [0.4, 0.5) is 24.5 Å². The van der Waals surface area contributed by atoms with Gasteiger partial charge in [0, 0.05) is 5.69 Å². The number of aryl methyl sites for hydroxylation is 1. The molecule has 136 valence electrons. The maximum Gasteiger partial charge on any atom is 0.416 e. The van der Waals surface area contributed by atoms with Crippen LogP contribution in [0.1, 0.15) is 11.1 Å². The van der Waals surface area contributed by atoms with Crippen LogP contribution in [-0.4, -0.2) is 25.0 Å². The molecule has 0 atom stereocenters. The summed E-state index contributed by atoms with van der Waals surface area (Å²) in [6.45, 7) is 1.34. The highest BCUT2D eigenvalue weighted by Gasteiger charge is 2.31. The molecule has 2 aromatic rings. The predicted octanol–water partition coefficient (Wildman–Crippen LogP) is 3.38. The minimum absolute atomic E-state index is 0.00895. The highest BCUT2D eigenvalue weighted by atomic mass is 19.4. The molecule has 0 spiro atoms. The van der Waals surface area contributed by atoms with Crippen molar-refractivity contribution in [1.82, 2.24) is 0 Å². The van der Waals surface area contributed by atoms with Crippen LogP contribution in [0.2, 0.25) is 0 Å². The van der Waals surface area contributed by atoms with Gasteiger partial charge in [-0.2, -0.15) is 13.2 Å². The number of carbonyl (C=O) groups excluding carboxylic acids is 2. The number of anilines is 2. The van der Waals surface area contributed by atoms with Crippen molar-refractivity contribution in [3.63, 3.8) is 0 Å². The molecule has 1 N–H and O–H groups in total. The normalized spacial score (nSPS) is 13.8. The van der Waals surface area contributed by atoms with Crippen molar-refractivity contribution >= 4 is 23.2 Å². The van der Waals surface area contributed by atoms with E-state index in [0.717, 1.165) is 17.7 Å². The number of alkyl halides is 3. The summed E-state index contributed by atoms with van der Waals surface area (Å²) in [5.74, 6) is -0.525. The Morgan fingerprint density at radius 1 is 1.23 bits per heavy atom. The molecule has 0 radical (unpaired) electrons. The van der Waals surface area contributed by atoms with E-state index in [1.54, 1.807) is 18.2 Å². The standard InChI is InChI=1S/C18H15F3N2O3/c1-11-5-6-14-15(7-11)26-10-17(25)23(14)9-16(24)22-13-4-2-3-12(8-13)18(19,20)21/h2-8H,9-10H2,1H3,(H,22,24). The van der Waals surface area contributed by atoms with Crippen LogP contribution >= 0.6 is 0 Å². The van der Waals surface area contributed by atoms with E-state index >= 15 is 0 Å². The quantitative estimate of drug-likeness (QED) is 0.908. The number of nitrogens with zero attached hydrogens (tertiary/aromatic N) is 1. The second-order valence-corrected chi connectivity index (χ2v) is 5.87. The van der Waals surface area contributed by atoms with E-state index in [2.05, 4.69) is 5.32 Å². The molecular weight excluding hydrogens is 349 g/mol. The number of carbonyl (C=O) groups is 2. The Balaban J connectivity index is 1.76. The molecule has 0 saturated carbocycles. The minimum Gasteiger partial charge on any atom is -0.482 e. The molecule has 3 rings (SSSR count). The number of hydrogen-bond acceptors (Lipinski definition) is 3. The van der Waals surface area contributed by atoms with E-state index in [1.165, 1.54) is 17.0 Å². The topological polar surface area (TPSA) is 58.6 Å². The molecule has 0 aromatic heterocycles. The first-order valence-electron chi connectivity index (χ1n) is 7.75. The van der Waals surface area contributed by atoms with Crippen LogP contribution in [0.25, 0.3) is 0 Å². The van der Waals surface area contributed by atoms with Crippen LogP contribution in [0.15, 0.2) is 42.5 Å². The van der Waals surface area contributed by atoms with Crippen molar-refractivity contribution in [1.29, 1.82) is 0 Å². The van der Waals surface area contributed by atoms with Crippen LogP contribution in [-0.2, 0) is 15.8 Å². The Hall–Kier alpha value is -3.03. The Morgan fingerprint density at radius 2 is 2.00 bits per heavy atom. The molecule has 0 fully saturated rings. The average Bonchev–Trinajstić information content (AvgIpc) is 2.57. The summed E-state index contributed by atoms with van der Waals surface area (Å²) in [6, 6.07) is 9.51. The third-order valence-electron chi connectivity index (χ3n) is 3.83. The van der Waals surface area contributed by atoms with Gasteiger partial charge in [-0.3, -0.25) is 14.5 Å². The number of amides is 2. The first-order valence-corrected chi connectivity index (χ1v) is 7.75. The van der Waals surface area contributed by atoms with Crippen LogP contribution in [0.5, 0.6) is 5.75 Å². The van der Waals surface area contributed by atoms with Gasteiger partial charge in [-0.25, -0.2) is 0 Å². The van der Waals surface area contributed by atoms with Gasteiger partial charge in [-0.1, -0.05) is 12.1 Å². The number of nitrogens with one attached hydrogen (secondary N) is 1. The maximum atomic E-state index is 12.7. The second-order valence-electron chi connectivity index (χ2n) is 5.87. The molecule has 1 heterocycles. The fourth-order valence-electron chi connectivity index (χ4n) is 2.60. The van der Waals surface area contributed by atoms with Gasteiger partial charge in [0.1, 0.15) is 12.3 Å². The summed E-state index contributed by atoms with van der Waals surface area (Å²) in [5.41, 5.74) is 0.533. The van der Waals surface area contributed by atoms with E-state index in [-0.39, 0.29) is 18.8 Å². The SMILES string of the molecule is Cc1ccc2c(c1)OCC(=O)N2CC(=O)Nc1cccc(C(F)(F)F)c1. The Labute approximate surface area is 147 Å². The Bertz CT molecular complexity index is 865. The molecule has 0 aliphatic carbocycles. The van der Waals surface area contributed by atoms with Gasteiger partial charge in [0.15, 0.2) is 6.61 Å². The number of rotatable bonds is 3. The van der Waals surface area contributed by atoms with Gasteiger partial charge >= 0.3 is 6.18 Å². The third-order valence-corrected chi connectivity index (χ3v) is 3.83. The van der Waals surface area contributed by atoms with Crippen LogP contribution in [0.3, 0.4) is 0 Å². The third kappa shape index (κ3) is 3.79.